The van der Waals surface area contributed by atoms with Crippen LogP contribution in [0.2, 0.25) is 0 Å². The summed E-state index contributed by atoms with van der Waals surface area (Å²) in [6, 6.07) is 1.95. The molecule has 1 aliphatic heterocycles. The minimum atomic E-state index is -2.86. The molecule has 112 valence electrons. The van der Waals surface area contributed by atoms with Crippen molar-refractivity contribution >= 4 is 24.2 Å². The molecule has 0 aromatic carbocycles. The van der Waals surface area contributed by atoms with Gasteiger partial charge in [0.15, 0.2) is 5.76 Å². The van der Waals surface area contributed by atoms with E-state index >= 15 is 0 Å². The number of alkyl halides is 2. The molecule has 2 amide bonds. The van der Waals surface area contributed by atoms with E-state index in [2.05, 4.69) is 10.6 Å². The third-order valence-corrected chi connectivity index (χ3v) is 2.77. The Balaban J connectivity index is 0.00000200. The predicted octanol–water partition coefficient (Wildman–Crippen LogP) is 0.414. The van der Waals surface area contributed by atoms with Gasteiger partial charge in [0.2, 0.25) is 5.91 Å². The molecular weight excluding hydrogens is 296 g/mol. The highest BCUT2D eigenvalue weighted by molar-refractivity contribution is 5.89. The van der Waals surface area contributed by atoms with Crippen LogP contribution in [0.25, 0.3) is 0 Å². The van der Waals surface area contributed by atoms with Crippen LogP contribution in [0.1, 0.15) is 22.7 Å². The smallest absolute Gasteiger partial charge is 0.284 e. The summed E-state index contributed by atoms with van der Waals surface area (Å²) < 4.78 is 30.8. The lowest BCUT2D eigenvalue weighted by Gasteiger charge is -2.10. The van der Waals surface area contributed by atoms with Crippen molar-refractivity contribution in [2.75, 3.05) is 6.54 Å². The predicted molar refractivity (Wildman–Crippen MR) is 67.7 cm³/mol. The van der Waals surface area contributed by atoms with Crippen molar-refractivity contribution in [2.24, 2.45) is 5.73 Å². The highest BCUT2D eigenvalue weighted by atomic mass is 35.5. The first-order chi connectivity index (χ1) is 8.87. The van der Waals surface area contributed by atoms with Crippen molar-refractivity contribution in [3.05, 3.63) is 23.7 Å². The van der Waals surface area contributed by atoms with Crippen LogP contribution in [-0.4, -0.2) is 30.3 Å². The number of rotatable bonds is 4. The van der Waals surface area contributed by atoms with Crippen molar-refractivity contribution in [1.29, 1.82) is 0 Å². The third-order valence-electron chi connectivity index (χ3n) is 2.77. The topological polar surface area (TPSA) is 97.4 Å². The molecule has 1 aliphatic rings. The maximum atomic E-state index is 12.9. The molecule has 0 spiro atoms. The van der Waals surface area contributed by atoms with E-state index in [-0.39, 0.29) is 24.7 Å². The van der Waals surface area contributed by atoms with Crippen LogP contribution in [0.15, 0.2) is 16.5 Å². The molecule has 1 fully saturated rings. The standard InChI is InChI=1S/C11H13F2N3O3.ClH/c12-11(13)3-7(16-5-11)10(18)15-4-6-1-2-8(19-6)9(14)17;/h1-2,7,16H,3-5H2,(H2,14,17)(H,15,18);1H. The molecule has 1 aromatic rings. The maximum absolute atomic E-state index is 12.9. The van der Waals surface area contributed by atoms with Crippen LogP contribution >= 0.6 is 12.4 Å². The molecule has 6 nitrogen and oxygen atoms in total. The van der Waals surface area contributed by atoms with Gasteiger partial charge in [0.05, 0.1) is 19.1 Å². The minimum absolute atomic E-state index is 0. The zero-order valence-corrected chi connectivity index (χ0v) is 11.1. The molecule has 1 unspecified atom stereocenters. The lowest BCUT2D eigenvalue weighted by Crippen LogP contribution is -2.39. The molecule has 0 saturated carbocycles. The van der Waals surface area contributed by atoms with Gasteiger partial charge in [-0.2, -0.15) is 0 Å². The number of carbonyl (C=O) groups is 2. The van der Waals surface area contributed by atoms with E-state index in [1.54, 1.807) is 0 Å². The zero-order valence-electron chi connectivity index (χ0n) is 10.3. The largest absolute Gasteiger partial charge is 0.454 e. The Morgan fingerprint density at radius 1 is 1.50 bits per heavy atom. The summed E-state index contributed by atoms with van der Waals surface area (Å²) in [6.45, 7) is -0.493. The summed E-state index contributed by atoms with van der Waals surface area (Å²) >= 11 is 0. The van der Waals surface area contributed by atoms with Crippen LogP contribution < -0.4 is 16.4 Å². The number of amides is 2. The highest BCUT2D eigenvalue weighted by Gasteiger charge is 2.42. The van der Waals surface area contributed by atoms with Gasteiger partial charge >= 0.3 is 0 Å². The number of nitrogens with one attached hydrogen (secondary N) is 2. The number of primary amides is 1. The second-order valence-electron chi connectivity index (χ2n) is 4.34. The fourth-order valence-electron chi connectivity index (χ4n) is 1.80. The number of nitrogens with two attached hydrogens (primary N) is 1. The Morgan fingerprint density at radius 3 is 2.70 bits per heavy atom. The van der Waals surface area contributed by atoms with Crippen LogP contribution in [0, 0.1) is 0 Å². The molecule has 1 aromatic heterocycles. The zero-order chi connectivity index (χ0) is 14.0. The number of carbonyl (C=O) groups excluding carboxylic acids is 2. The van der Waals surface area contributed by atoms with Gasteiger partial charge in [-0.1, -0.05) is 0 Å². The van der Waals surface area contributed by atoms with Gasteiger partial charge in [0, 0.05) is 6.42 Å². The minimum Gasteiger partial charge on any atom is -0.454 e. The van der Waals surface area contributed by atoms with Crippen molar-refractivity contribution in [3.8, 4) is 0 Å². The normalized spacial score (nSPS) is 20.2. The van der Waals surface area contributed by atoms with E-state index in [4.69, 9.17) is 10.2 Å². The van der Waals surface area contributed by atoms with Crippen molar-refractivity contribution in [2.45, 2.75) is 24.9 Å². The lowest BCUT2D eigenvalue weighted by atomic mass is 10.2. The fraction of sp³-hybridized carbons (Fsp3) is 0.455. The molecule has 2 rings (SSSR count). The molecule has 0 aliphatic carbocycles. The molecule has 0 radical (unpaired) electrons. The average Bonchev–Trinajstić information content (AvgIpc) is 2.92. The first-order valence-electron chi connectivity index (χ1n) is 5.65. The average molecular weight is 310 g/mol. The van der Waals surface area contributed by atoms with Crippen molar-refractivity contribution in [3.63, 3.8) is 0 Å². The summed E-state index contributed by atoms with van der Waals surface area (Å²) in [7, 11) is 0. The van der Waals surface area contributed by atoms with Gasteiger partial charge in [-0.15, -0.1) is 12.4 Å². The van der Waals surface area contributed by atoms with E-state index in [0.29, 0.717) is 5.76 Å². The first-order valence-corrected chi connectivity index (χ1v) is 5.65. The Morgan fingerprint density at radius 2 is 2.20 bits per heavy atom. The molecule has 9 heteroatoms. The van der Waals surface area contributed by atoms with Crippen LogP contribution in [0.3, 0.4) is 0 Å². The van der Waals surface area contributed by atoms with Crippen molar-refractivity contribution in [1.82, 2.24) is 10.6 Å². The van der Waals surface area contributed by atoms with Gasteiger partial charge in [-0.05, 0) is 12.1 Å². The number of furan rings is 1. The molecule has 2 heterocycles. The molecule has 0 bridgehead atoms. The van der Waals surface area contributed by atoms with E-state index in [1.807, 2.05) is 0 Å². The van der Waals surface area contributed by atoms with Gasteiger partial charge in [-0.25, -0.2) is 8.78 Å². The fourth-order valence-corrected chi connectivity index (χ4v) is 1.80. The number of halogens is 3. The second kappa shape index (κ2) is 6.19. The molecule has 1 saturated heterocycles. The van der Waals surface area contributed by atoms with Crippen LogP contribution in [0.4, 0.5) is 8.78 Å². The van der Waals surface area contributed by atoms with E-state index in [1.165, 1.54) is 12.1 Å². The monoisotopic (exact) mass is 309 g/mol. The summed E-state index contributed by atoms with van der Waals surface area (Å²) in [5.74, 6) is -3.79. The van der Waals surface area contributed by atoms with E-state index < -0.39 is 36.7 Å². The molecular formula is C11H14ClF2N3O3. The summed E-state index contributed by atoms with van der Waals surface area (Å²) in [5, 5.41) is 4.89. The summed E-state index contributed by atoms with van der Waals surface area (Å²) in [4.78, 5) is 22.4. The van der Waals surface area contributed by atoms with Gasteiger partial charge < -0.3 is 15.5 Å². The van der Waals surface area contributed by atoms with E-state index in [9.17, 15) is 18.4 Å². The Bertz CT molecular complexity index is 507. The summed E-state index contributed by atoms with van der Waals surface area (Å²) in [5.41, 5.74) is 5.00. The molecule has 1 atom stereocenters. The SMILES string of the molecule is Cl.NC(=O)c1ccc(CNC(=O)C2CC(F)(F)CN2)o1. The van der Waals surface area contributed by atoms with Gasteiger partial charge in [0.1, 0.15) is 5.76 Å². The van der Waals surface area contributed by atoms with E-state index in [0.717, 1.165) is 0 Å². The maximum Gasteiger partial charge on any atom is 0.284 e. The second-order valence-corrected chi connectivity index (χ2v) is 4.34. The third kappa shape index (κ3) is 3.91. The van der Waals surface area contributed by atoms with Crippen LogP contribution in [0.5, 0.6) is 0 Å². The lowest BCUT2D eigenvalue weighted by molar-refractivity contribution is -0.123. The Hall–Kier alpha value is -1.67. The summed E-state index contributed by atoms with van der Waals surface area (Å²) in [6.07, 6.45) is -0.524. The molecule has 4 N–H and O–H groups in total. The van der Waals surface area contributed by atoms with Crippen molar-refractivity contribution < 1.29 is 22.8 Å². The Kier molecular flexibility index (Phi) is 5.07. The van der Waals surface area contributed by atoms with Gasteiger partial charge in [0.25, 0.3) is 11.8 Å². The Labute approximate surface area is 119 Å². The quantitative estimate of drug-likeness (QED) is 0.750. The highest BCUT2D eigenvalue weighted by Crippen LogP contribution is 2.25. The number of hydrogen-bond acceptors (Lipinski definition) is 4. The first kappa shape index (κ1) is 16.4. The van der Waals surface area contributed by atoms with Crippen LogP contribution in [-0.2, 0) is 11.3 Å². The van der Waals surface area contributed by atoms with Gasteiger partial charge in [-0.3, -0.25) is 14.9 Å². The number of hydrogen-bond donors (Lipinski definition) is 3. The molecule has 20 heavy (non-hydrogen) atoms.